The van der Waals surface area contributed by atoms with E-state index in [0.717, 1.165) is 0 Å². The zero-order valence-corrected chi connectivity index (χ0v) is 14.8. The summed E-state index contributed by atoms with van der Waals surface area (Å²) in [5.74, 6) is -1.90. The van der Waals surface area contributed by atoms with E-state index in [1.165, 1.54) is 17.0 Å². The van der Waals surface area contributed by atoms with Gasteiger partial charge in [-0.1, -0.05) is 36.4 Å². The van der Waals surface area contributed by atoms with Crippen molar-refractivity contribution in [3.05, 3.63) is 78.3 Å². The Balaban J connectivity index is 1.75. The van der Waals surface area contributed by atoms with Crippen LogP contribution in [0.15, 0.2) is 65.6 Å². The first-order valence-corrected chi connectivity index (χ1v) is 8.34. The number of benzene rings is 2. The number of para-hydroxylation sites is 2. The summed E-state index contributed by atoms with van der Waals surface area (Å²) in [6, 6.07) is 13.4. The van der Waals surface area contributed by atoms with Crippen LogP contribution < -0.4 is 4.90 Å². The van der Waals surface area contributed by atoms with Gasteiger partial charge in [-0.25, -0.2) is 9.18 Å². The number of aryl methyl sites for hydroxylation is 1. The second-order valence-electron chi connectivity index (χ2n) is 5.88. The van der Waals surface area contributed by atoms with E-state index >= 15 is 0 Å². The first kappa shape index (κ1) is 18.4. The second-order valence-corrected chi connectivity index (χ2v) is 5.88. The van der Waals surface area contributed by atoms with Crippen molar-refractivity contribution < 1.29 is 23.1 Å². The number of hydrogen-bond donors (Lipinski definition) is 0. The van der Waals surface area contributed by atoms with Crippen LogP contribution in [0.5, 0.6) is 0 Å². The molecule has 6 heteroatoms. The van der Waals surface area contributed by atoms with Gasteiger partial charge in [-0.3, -0.25) is 4.79 Å². The van der Waals surface area contributed by atoms with Gasteiger partial charge < -0.3 is 14.1 Å². The molecule has 1 heterocycles. The molecule has 1 amide bonds. The lowest BCUT2D eigenvalue weighted by molar-refractivity contribution is -0.121. The van der Waals surface area contributed by atoms with Gasteiger partial charge in [0.1, 0.15) is 0 Å². The standard InChI is InChI=1S/C21H18FNO4/c1-3-12-23(15-8-5-4-6-9-15)18(24)13-26-21(25)19-14(2)16-10-7-11-17(22)20(16)27-19/h3-11H,1,12-13H2,2H3. The number of ether oxygens (including phenoxy) is 1. The van der Waals surface area contributed by atoms with Crippen LogP contribution in [0.25, 0.3) is 11.0 Å². The third kappa shape index (κ3) is 3.74. The van der Waals surface area contributed by atoms with Crippen LogP contribution in [0, 0.1) is 12.7 Å². The van der Waals surface area contributed by atoms with Gasteiger partial charge >= 0.3 is 5.97 Å². The van der Waals surface area contributed by atoms with Crippen molar-refractivity contribution in [2.24, 2.45) is 0 Å². The molecule has 0 saturated carbocycles. The lowest BCUT2D eigenvalue weighted by atomic mass is 10.1. The van der Waals surface area contributed by atoms with Crippen LogP contribution >= 0.6 is 0 Å². The third-order valence-electron chi connectivity index (χ3n) is 4.11. The second kappa shape index (κ2) is 7.86. The smallest absolute Gasteiger partial charge is 0.375 e. The molecule has 0 aliphatic rings. The van der Waals surface area contributed by atoms with Gasteiger partial charge in [-0.2, -0.15) is 0 Å². The highest BCUT2D eigenvalue weighted by atomic mass is 19.1. The fourth-order valence-electron chi connectivity index (χ4n) is 2.76. The van der Waals surface area contributed by atoms with Crippen molar-refractivity contribution in [3.63, 3.8) is 0 Å². The molecule has 0 aliphatic carbocycles. The fourth-order valence-corrected chi connectivity index (χ4v) is 2.76. The summed E-state index contributed by atoms with van der Waals surface area (Å²) in [7, 11) is 0. The minimum atomic E-state index is -0.817. The molecule has 5 nitrogen and oxygen atoms in total. The molecular weight excluding hydrogens is 349 g/mol. The summed E-state index contributed by atoms with van der Waals surface area (Å²) in [6.07, 6.45) is 1.58. The summed E-state index contributed by atoms with van der Waals surface area (Å²) >= 11 is 0. The van der Waals surface area contributed by atoms with E-state index in [1.54, 1.807) is 43.3 Å². The average molecular weight is 367 g/mol. The Morgan fingerprint density at radius 3 is 2.59 bits per heavy atom. The Labute approximate surface area is 155 Å². The summed E-state index contributed by atoms with van der Waals surface area (Å²) in [5, 5.41) is 0.492. The van der Waals surface area contributed by atoms with Crippen molar-refractivity contribution in [1.82, 2.24) is 0 Å². The number of anilines is 1. The van der Waals surface area contributed by atoms with Crippen LogP contribution in [0.4, 0.5) is 10.1 Å². The van der Waals surface area contributed by atoms with E-state index in [2.05, 4.69) is 6.58 Å². The minimum absolute atomic E-state index is 0.00848. The first-order valence-electron chi connectivity index (χ1n) is 8.34. The predicted molar refractivity (Wildman–Crippen MR) is 100 cm³/mol. The number of halogens is 1. The van der Waals surface area contributed by atoms with Gasteiger partial charge in [-0.15, -0.1) is 6.58 Å². The third-order valence-corrected chi connectivity index (χ3v) is 4.11. The van der Waals surface area contributed by atoms with E-state index < -0.39 is 24.3 Å². The number of fused-ring (bicyclic) bond motifs is 1. The molecule has 1 aromatic heterocycles. The number of carbonyl (C=O) groups excluding carboxylic acids is 2. The van der Waals surface area contributed by atoms with Crippen molar-refractivity contribution in [2.45, 2.75) is 6.92 Å². The molecule has 27 heavy (non-hydrogen) atoms. The Morgan fingerprint density at radius 1 is 1.19 bits per heavy atom. The van der Waals surface area contributed by atoms with Crippen LogP contribution in [-0.4, -0.2) is 25.0 Å². The molecule has 0 radical (unpaired) electrons. The number of furan rings is 1. The molecule has 0 unspecified atom stereocenters. The molecular formula is C21H18FNO4. The molecule has 0 atom stereocenters. The lowest BCUT2D eigenvalue weighted by Crippen LogP contribution is -2.34. The molecule has 0 spiro atoms. The Bertz CT molecular complexity index is 994. The van der Waals surface area contributed by atoms with Crippen LogP contribution in [0.3, 0.4) is 0 Å². The topological polar surface area (TPSA) is 59.8 Å². The number of carbonyl (C=O) groups is 2. The summed E-state index contributed by atoms with van der Waals surface area (Å²) < 4.78 is 24.3. The summed E-state index contributed by atoms with van der Waals surface area (Å²) in [4.78, 5) is 26.3. The minimum Gasteiger partial charge on any atom is -0.450 e. The van der Waals surface area contributed by atoms with E-state index in [-0.39, 0.29) is 17.9 Å². The van der Waals surface area contributed by atoms with Crippen LogP contribution in [-0.2, 0) is 9.53 Å². The lowest BCUT2D eigenvalue weighted by Gasteiger charge is -2.20. The molecule has 0 fully saturated rings. The maximum absolute atomic E-state index is 13.8. The van der Waals surface area contributed by atoms with E-state index in [9.17, 15) is 14.0 Å². The quantitative estimate of drug-likeness (QED) is 0.483. The monoisotopic (exact) mass is 367 g/mol. The predicted octanol–water partition coefficient (Wildman–Crippen LogP) is 4.26. The highest BCUT2D eigenvalue weighted by molar-refractivity contribution is 5.99. The highest BCUT2D eigenvalue weighted by Gasteiger charge is 2.23. The van der Waals surface area contributed by atoms with Crippen LogP contribution in [0.2, 0.25) is 0 Å². The fraction of sp³-hybridized carbons (Fsp3) is 0.143. The number of hydrogen-bond acceptors (Lipinski definition) is 4. The van der Waals surface area contributed by atoms with Gasteiger partial charge in [0.05, 0.1) is 0 Å². The first-order chi connectivity index (χ1) is 13.0. The number of rotatable bonds is 6. The van der Waals surface area contributed by atoms with Crippen molar-refractivity contribution >= 4 is 28.5 Å². The van der Waals surface area contributed by atoms with Gasteiger partial charge in [0.25, 0.3) is 5.91 Å². The summed E-state index contributed by atoms with van der Waals surface area (Å²) in [5.41, 5.74) is 1.12. The SMILES string of the molecule is C=CCN(C(=O)COC(=O)c1oc2c(F)cccc2c1C)c1ccccc1. The number of esters is 1. The van der Waals surface area contributed by atoms with Gasteiger partial charge in [-0.05, 0) is 25.1 Å². The van der Waals surface area contributed by atoms with Gasteiger partial charge in [0.15, 0.2) is 18.0 Å². The maximum atomic E-state index is 13.8. The molecule has 0 saturated heterocycles. The van der Waals surface area contributed by atoms with Gasteiger partial charge in [0, 0.05) is 23.2 Å². The Hall–Kier alpha value is -3.41. The van der Waals surface area contributed by atoms with Crippen molar-refractivity contribution in [2.75, 3.05) is 18.1 Å². The van der Waals surface area contributed by atoms with Crippen molar-refractivity contribution in [1.29, 1.82) is 0 Å². The molecule has 0 N–H and O–H groups in total. The largest absolute Gasteiger partial charge is 0.450 e. The van der Waals surface area contributed by atoms with E-state index in [4.69, 9.17) is 9.15 Å². The Kier molecular flexibility index (Phi) is 5.35. The molecule has 0 bridgehead atoms. The molecule has 3 rings (SSSR count). The summed E-state index contributed by atoms with van der Waals surface area (Å²) in [6.45, 7) is 5.08. The zero-order chi connectivity index (χ0) is 19.4. The molecule has 138 valence electrons. The molecule has 2 aromatic carbocycles. The van der Waals surface area contributed by atoms with Crippen molar-refractivity contribution in [3.8, 4) is 0 Å². The van der Waals surface area contributed by atoms with E-state index in [0.29, 0.717) is 16.6 Å². The van der Waals surface area contributed by atoms with Crippen LogP contribution in [0.1, 0.15) is 16.1 Å². The zero-order valence-electron chi connectivity index (χ0n) is 14.8. The molecule has 3 aromatic rings. The number of nitrogens with zero attached hydrogens (tertiary/aromatic N) is 1. The van der Waals surface area contributed by atoms with E-state index in [1.807, 2.05) is 6.07 Å². The highest BCUT2D eigenvalue weighted by Crippen LogP contribution is 2.27. The number of amides is 1. The average Bonchev–Trinajstić information content (AvgIpc) is 3.03. The van der Waals surface area contributed by atoms with Gasteiger partial charge in [0.2, 0.25) is 5.76 Å². The Morgan fingerprint density at radius 2 is 1.93 bits per heavy atom. The normalized spacial score (nSPS) is 10.6. The maximum Gasteiger partial charge on any atom is 0.375 e. The molecule has 0 aliphatic heterocycles.